The fourth-order valence-electron chi connectivity index (χ4n) is 2.46. The van der Waals surface area contributed by atoms with Crippen LogP contribution >= 0.6 is 11.3 Å². The maximum Gasteiger partial charge on any atom is 0.185 e. The lowest BCUT2D eigenvalue weighted by molar-refractivity contribution is 0.576. The van der Waals surface area contributed by atoms with E-state index in [9.17, 15) is 0 Å². The van der Waals surface area contributed by atoms with Gasteiger partial charge in [0.25, 0.3) is 0 Å². The Morgan fingerprint density at radius 1 is 1.24 bits per heavy atom. The standard InChI is InChI=1S/C17H25N3S/c1-5-20(6-2)17-19-12-15(21-17)11-18-14(4)16-10-8-7-9-13(16)3/h7-10,12,14,18H,5-6,11H2,1-4H3. The Hall–Kier alpha value is -1.39. The Kier molecular flexibility index (Phi) is 5.76. The first-order chi connectivity index (χ1) is 10.2. The van der Waals surface area contributed by atoms with Crippen LogP contribution in [0.2, 0.25) is 0 Å². The van der Waals surface area contributed by atoms with Crippen molar-refractivity contribution in [1.29, 1.82) is 0 Å². The van der Waals surface area contributed by atoms with Crippen LogP contribution in [0.4, 0.5) is 5.13 Å². The molecule has 0 spiro atoms. The fourth-order valence-corrected chi connectivity index (χ4v) is 3.44. The lowest BCUT2D eigenvalue weighted by Gasteiger charge is -2.17. The summed E-state index contributed by atoms with van der Waals surface area (Å²) in [5.41, 5.74) is 2.71. The number of benzene rings is 1. The molecule has 4 heteroatoms. The van der Waals surface area contributed by atoms with Gasteiger partial charge < -0.3 is 10.2 Å². The van der Waals surface area contributed by atoms with Crippen LogP contribution < -0.4 is 10.2 Å². The minimum atomic E-state index is 0.352. The fraction of sp³-hybridized carbons (Fsp3) is 0.471. The van der Waals surface area contributed by atoms with Gasteiger partial charge in [-0.1, -0.05) is 24.3 Å². The summed E-state index contributed by atoms with van der Waals surface area (Å²) in [5.74, 6) is 0. The van der Waals surface area contributed by atoms with Crippen LogP contribution in [0.3, 0.4) is 0 Å². The molecule has 1 heterocycles. The third kappa shape index (κ3) is 4.05. The van der Waals surface area contributed by atoms with Crippen molar-refractivity contribution in [3.8, 4) is 0 Å². The number of hydrogen-bond acceptors (Lipinski definition) is 4. The number of hydrogen-bond donors (Lipinski definition) is 1. The summed E-state index contributed by atoms with van der Waals surface area (Å²) < 4.78 is 0. The highest BCUT2D eigenvalue weighted by atomic mass is 32.1. The highest BCUT2D eigenvalue weighted by Gasteiger charge is 2.10. The van der Waals surface area contributed by atoms with Gasteiger partial charge in [0, 0.05) is 36.8 Å². The number of rotatable bonds is 7. The second kappa shape index (κ2) is 7.57. The molecule has 0 saturated heterocycles. The lowest BCUT2D eigenvalue weighted by Crippen LogP contribution is -2.21. The largest absolute Gasteiger partial charge is 0.349 e. The van der Waals surface area contributed by atoms with Crippen molar-refractivity contribution in [3.05, 3.63) is 46.5 Å². The summed E-state index contributed by atoms with van der Waals surface area (Å²) in [6.45, 7) is 11.6. The molecule has 1 N–H and O–H groups in total. The predicted octanol–water partition coefficient (Wildman–Crippen LogP) is 4.15. The summed E-state index contributed by atoms with van der Waals surface area (Å²) in [4.78, 5) is 8.11. The van der Waals surface area contributed by atoms with E-state index < -0.39 is 0 Å². The SMILES string of the molecule is CCN(CC)c1ncc(CNC(C)c2ccccc2C)s1. The molecule has 0 amide bonds. The van der Waals surface area contributed by atoms with Crippen LogP contribution in [0.1, 0.15) is 42.8 Å². The second-order valence-corrected chi connectivity index (χ2v) is 6.33. The van der Waals surface area contributed by atoms with Gasteiger partial charge in [0.15, 0.2) is 5.13 Å². The number of aromatic nitrogens is 1. The Morgan fingerprint density at radius 3 is 2.62 bits per heavy atom. The van der Waals surface area contributed by atoms with E-state index in [-0.39, 0.29) is 0 Å². The van der Waals surface area contributed by atoms with Gasteiger partial charge in [-0.15, -0.1) is 11.3 Å². The zero-order valence-corrected chi connectivity index (χ0v) is 14.2. The molecule has 0 saturated carbocycles. The third-order valence-corrected chi connectivity index (χ3v) is 4.87. The zero-order valence-electron chi connectivity index (χ0n) is 13.4. The smallest absolute Gasteiger partial charge is 0.185 e. The molecule has 0 aliphatic rings. The van der Waals surface area contributed by atoms with E-state index in [4.69, 9.17) is 0 Å². The van der Waals surface area contributed by atoms with Crippen molar-refractivity contribution in [2.45, 2.75) is 40.3 Å². The molecule has 3 nitrogen and oxygen atoms in total. The third-order valence-electron chi connectivity index (χ3n) is 3.81. The van der Waals surface area contributed by atoms with Gasteiger partial charge >= 0.3 is 0 Å². The average Bonchev–Trinajstić information content (AvgIpc) is 2.95. The van der Waals surface area contributed by atoms with Gasteiger partial charge in [0.2, 0.25) is 0 Å². The van der Waals surface area contributed by atoms with E-state index in [1.807, 2.05) is 6.20 Å². The first kappa shape index (κ1) is 16.0. The molecule has 1 unspecified atom stereocenters. The van der Waals surface area contributed by atoms with Crippen molar-refractivity contribution in [1.82, 2.24) is 10.3 Å². The average molecular weight is 303 g/mol. The van der Waals surface area contributed by atoms with E-state index >= 15 is 0 Å². The monoisotopic (exact) mass is 303 g/mol. The quantitative estimate of drug-likeness (QED) is 0.833. The predicted molar refractivity (Wildman–Crippen MR) is 92.1 cm³/mol. The highest BCUT2D eigenvalue weighted by molar-refractivity contribution is 7.15. The van der Waals surface area contributed by atoms with Crippen LogP contribution in [0.25, 0.3) is 0 Å². The number of nitrogens with zero attached hydrogens (tertiary/aromatic N) is 2. The van der Waals surface area contributed by atoms with Crippen molar-refractivity contribution in [3.63, 3.8) is 0 Å². The summed E-state index contributed by atoms with van der Waals surface area (Å²) in [6.07, 6.45) is 2.00. The van der Waals surface area contributed by atoms with Crippen LogP contribution in [0.5, 0.6) is 0 Å². The highest BCUT2D eigenvalue weighted by Crippen LogP contribution is 2.23. The molecule has 0 aliphatic carbocycles. The van der Waals surface area contributed by atoms with Crippen LogP contribution in [-0.4, -0.2) is 18.1 Å². The molecule has 0 fully saturated rings. The number of aryl methyl sites for hydroxylation is 1. The first-order valence-electron chi connectivity index (χ1n) is 7.64. The Bertz CT molecular complexity index is 561. The minimum Gasteiger partial charge on any atom is -0.349 e. The lowest BCUT2D eigenvalue weighted by atomic mass is 10.0. The summed E-state index contributed by atoms with van der Waals surface area (Å²) >= 11 is 1.78. The Balaban J connectivity index is 1.96. The van der Waals surface area contributed by atoms with E-state index in [1.54, 1.807) is 11.3 Å². The minimum absolute atomic E-state index is 0.352. The van der Waals surface area contributed by atoms with Gasteiger partial charge in [-0.2, -0.15) is 0 Å². The topological polar surface area (TPSA) is 28.2 Å². The summed E-state index contributed by atoms with van der Waals surface area (Å²) in [5, 5.41) is 4.72. The Labute approximate surface area is 132 Å². The molecule has 1 aromatic carbocycles. The molecule has 21 heavy (non-hydrogen) atoms. The number of thiazole rings is 1. The second-order valence-electron chi connectivity index (χ2n) is 5.24. The molecule has 2 rings (SSSR count). The van der Waals surface area contributed by atoms with Gasteiger partial charge in [-0.3, -0.25) is 0 Å². The van der Waals surface area contributed by atoms with Crippen molar-refractivity contribution in [2.24, 2.45) is 0 Å². The zero-order chi connectivity index (χ0) is 15.2. The molecule has 2 aromatic rings. The molecule has 0 bridgehead atoms. The molecular formula is C17H25N3S. The van der Waals surface area contributed by atoms with E-state index in [0.717, 1.165) is 24.8 Å². The van der Waals surface area contributed by atoms with Gasteiger partial charge in [-0.25, -0.2) is 4.98 Å². The van der Waals surface area contributed by atoms with Gasteiger partial charge in [0.05, 0.1) is 0 Å². The molecule has 0 aliphatic heterocycles. The number of anilines is 1. The maximum absolute atomic E-state index is 4.53. The summed E-state index contributed by atoms with van der Waals surface area (Å²) in [7, 11) is 0. The van der Waals surface area contributed by atoms with Crippen molar-refractivity contribution in [2.75, 3.05) is 18.0 Å². The summed E-state index contributed by atoms with van der Waals surface area (Å²) in [6, 6.07) is 8.90. The van der Waals surface area contributed by atoms with Crippen LogP contribution in [0, 0.1) is 6.92 Å². The van der Waals surface area contributed by atoms with Crippen LogP contribution in [-0.2, 0) is 6.54 Å². The van der Waals surface area contributed by atoms with Crippen LogP contribution in [0.15, 0.2) is 30.5 Å². The molecule has 0 radical (unpaired) electrons. The maximum atomic E-state index is 4.53. The molecule has 1 atom stereocenters. The van der Waals surface area contributed by atoms with Gasteiger partial charge in [-0.05, 0) is 38.8 Å². The van der Waals surface area contributed by atoms with Crippen molar-refractivity contribution < 1.29 is 0 Å². The van der Waals surface area contributed by atoms with Crippen molar-refractivity contribution >= 4 is 16.5 Å². The Morgan fingerprint density at radius 2 is 1.95 bits per heavy atom. The van der Waals surface area contributed by atoms with E-state index in [1.165, 1.54) is 16.0 Å². The molecule has 114 valence electrons. The first-order valence-corrected chi connectivity index (χ1v) is 8.45. The molecular weight excluding hydrogens is 278 g/mol. The van der Waals surface area contributed by atoms with E-state index in [0.29, 0.717) is 6.04 Å². The number of nitrogens with one attached hydrogen (secondary N) is 1. The van der Waals surface area contributed by atoms with Gasteiger partial charge in [0.1, 0.15) is 0 Å². The molecule has 1 aromatic heterocycles. The normalized spacial score (nSPS) is 12.4. The van der Waals surface area contributed by atoms with E-state index in [2.05, 4.69) is 67.2 Å².